The predicted octanol–water partition coefficient (Wildman–Crippen LogP) is 2.70. The maximum atomic E-state index is 14.4. The third kappa shape index (κ3) is 1.48. The van der Waals surface area contributed by atoms with Gasteiger partial charge in [0.25, 0.3) is 0 Å². The molecule has 0 bridgehead atoms. The topological polar surface area (TPSA) is 44.5 Å². The van der Waals surface area contributed by atoms with Gasteiger partial charge in [0.05, 0.1) is 0 Å². The van der Waals surface area contributed by atoms with Crippen LogP contribution < -0.4 is 15.2 Å². The largest absolute Gasteiger partial charge is 0.453 e. The number of ether oxygens (including phenoxy) is 2. The summed E-state index contributed by atoms with van der Waals surface area (Å²) in [5.41, 5.74) is 6.24. The van der Waals surface area contributed by atoms with Crippen LogP contribution in [0.1, 0.15) is 24.8 Å². The molecule has 1 aliphatic carbocycles. The number of rotatable bonds is 2. The quantitative estimate of drug-likeness (QED) is 0.913. The molecule has 1 saturated carbocycles. The Balaban J connectivity index is 2.17. The van der Waals surface area contributed by atoms with Crippen LogP contribution in [-0.4, -0.2) is 13.3 Å². The second-order valence-electron chi connectivity index (χ2n) is 4.62. The lowest BCUT2D eigenvalue weighted by Crippen LogP contribution is -2.42. The van der Waals surface area contributed by atoms with E-state index in [1.807, 2.05) is 0 Å². The Morgan fingerprint density at radius 1 is 1.41 bits per heavy atom. The zero-order chi connectivity index (χ0) is 12.0. The van der Waals surface area contributed by atoms with Crippen LogP contribution in [0.4, 0.5) is 4.39 Å². The van der Waals surface area contributed by atoms with Gasteiger partial charge < -0.3 is 15.2 Å². The summed E-state index contributed by atoms with van der Waals surface area (Å²) in [4.78, 5) is 0. The van der Waals surface area contributed by atoms with Crippen LogP contribution in [0.15, 0.2) is 10.5 Å². The Morgan fingerprint density at radius 3 is 2.76 bits per heavy atom. The van der Waals surface area contributed by atoms with Crippen molar-refractivity contribution in [2.75, 3.05) is 13.3 Å². The lowest BCUT2D eigenvalue weighted by molar-refractivity contribution is 0.170. The van der Waals surface area contributed by atoms with E-state index < -0.39 is 0 Å². The average Bonchev–Trinajstić information content (AvgIpc) is 2.69. The predicted molar refractivity (Wildman–Crippen MR) is 64.8 cm³/mol. The highest BCUT2D eigenvalue weighted by Gasteiger charge is 2.42. The van der Waals surface area contributed by atoms with Crippen molar-refractivity contribution in [1.82, 2.24) is 0 Å². The highest BCUT2D eigenvalue weighted by atomic mass is 79.9. The SMILES string of the molecule is NCC1(c2c(Br)cc3c(c2F)OCO3)CCC1. The minimum atomic E-state index is -0.322. The Bertz CT molecular complexity index is 469. The van der Waals surface area contributed by atoms with Gasteiger partial charge in [-0.1, -0.05) is 22.4 Å². The molecule has 3 rings (SSSR count). The van der Waals surface area contributed by atoms with Gasteiger partial charge >= 0.3 is 0 Å². The van der Waals surface area contributed by atoms with Gasteiger partial charge in [0.2, 0.25) is 12.5 Å². The molecule has 0 saturated heterocycles. The van der Waals surface area contributed by atoms with Crippen LogP contribution in [0.5, 0.6) is 11.5 Å². The van der Waals surface area contributed by atoms with Crippen molar-refractivity contribution in [2.24, 2.45) is 5.73 Å². The lowest BCUT2D eigenvalue weighted by Gasteiger charge is -2.42. The molecule has 92 valence electrons. The molecule has 1 aliphatic heterocycles. The van der Waals surface area contributed by atoms with E-state index in [-0.39, 0.29) is 23.8 Å². The molecule has 0 amide bonds. The maximum Gasteiger partial charge on any atom is 0.231 e. The van der Waals surface area contributed by atoms with Crippen molar-refractivity contribution < 1.29 is 13.9 Å². The third-order valence-corrected chi connectivity index (χ3v) is 4.41. The molecular formula is C12H13BrFNO2. The summed E-state index contributed by atoms with van der Waals surface area (Å²) in [6.07, 6.45) is 2.95. The van der Waals surface area contributed by atoms with Gasteiger partial charge in [0, 0.05) is 22.0 Å². The van der Waals surface area contributed by atoms with Crippen molar-refractivity contribution in [3.63, 3.8) is 0 Å². The molecule has 1 aromatic carbocycles. The first-order valence-electron chi connectivity index (χ1n) is 5.66. The zero-order valence-corrected chi connectivity index (χ0v) is 10.8. The molecule has 0 spiro atoms. The van der Waals surface area contributed by atoms with E-state index in [2.05, 4.69) is 15.9 Å². The van der Waals surface area contributed by atoms with E-state index in [0.29, 0.717) is 17.9 Å². The summed E-state index contributed by atoms with van der Waals surface area (Å²) in [6.45, 7) is 0.542. The van der Waals surface area contributed by atoms with Gasteiger partial charge in [-0.15, -0.1) is 0 Å². The van der Waals surface area contributed by atoms with Crippen LogP contribution in [0.3, 0.4) is 0 Å². The summed E-state index contributed by atoms with van der Waals surface area (Å²) in [6, 6.07) is 1.77. The van der Waals surface area contributed by atoms with Crippen LogP contribution in [0, 0.1) is 5.82 Å². The summed E-state index contributed by atoms with van der Waals surface area (Å²) in [5, 5.41) is 0. The number of nitrogens with two attached hydrogens (primary N) is 1. The average molecular weight is 302 g/mol. The van der Waals surface area contributed by atoms with Crippen molar-refractivity contribution in [3.05, 3.63) is 21.9 Å². The van der Waals surface area contributed by atoms with E-state index in [0.717, 1.165) is 23.7 Å². The molecule has 17 heavy (non-hydrogen) atoms. The molecule has 0 unspecified atom stereocenters. The molecule has 1 fully saturated rings. The van der Waals surface area contributed by atoms with Gasteiger partial charge in [-0.05, 0) is 18.9 Å². The second kappa shape index (κ2) is 3.85. The Kier molecular flexibility index (Phi) is 2.56. The first kappa shape index (κ1) is 11.3. The summed E-state index contributed by atoms with van der Waals surface area (Å²) in [5.74, 6) is 0.365. The fourth-order valence-electron chi connectivity index (χ4n) is 2.62. The fourth-order valence-corrected chi connectivity index (χ4v) is 3.42. The molecule has 0 aromatic heterocycles. The van der Waals surface area contributed by atoms with E-state index in [1.54, 1.807) is 6.07 Å². The van der Waals surface area contributed by atoms with Crippen LogP contribution in [0.2, 0.25) is 0 Å². The van der Waals surface area contributed by atoms with Gasteiger partial charge in [-0.3, -0.25) is 0 Å². The monoisotopic (exact) mass is 301 g/mol. The van der Waals surface area contributed by atoms with Gasteiger partial charge in [0.15, 0.2) is 11.6 Å². The lowest BCUT2D eigenvalue weighted by atomic mass is 9.64. The maximum absolute atomic E-state index is 14.4. The van der Waals surface area contributed by atoms with E-state index in [1.165, 1.54) is 0 Å². The van der Waals surface area contributed by atoms with E-state index in [9.17, 15) is 4.39 Å². The molecule has 5 heteroatoms. The molecule has 1 aromatic rings. The first-order valence-corrected chi connectivity index (χ1v) is 6.45. The van der Waals surface area contributed by atoms with Gasteiger partial charge in [0.1, 0.15) is 0 Å². The van der Waals surface area contributed by atoms with Crippen LogP contribution >= 0.6 is 15.9 Å². The third-order valence-electron chi connectivity index (χ3n) is 3.79. The molecule has 2 aliphatic rings. The summed E-state index contributed by atoms with van der Waals surface area (Å²) < 4.78 is 25.5. The number of hydrogen-bond acceptors (Lipinski definition) is 3. The van der Waals surface area contributed by atoms with Crippen LogP contribution in [0.25, 0.3) is 0 Å². The minimum absolute atomic E-state index is 0.0811. The van der Waals surface area contributed by atoms with Crippen molar-refractivity contribution in [3.8, 4) is 11.5 Å². The molecule has 1 heterocycles. The minimum Gasteiger partial charge on any atom is -0.453 e. The first-order chi connectivity index (χ1) is 8.18. The van der Waals surface area contributed by atoms with E-state index in [4.69, 9.17) is 15.2 Å². The molecule has 3 nitrogen and oxygen atoms in total. The van der Waals surface area contributed by atoms with Crippen LogP contribution in [-0.2, 0) is 5.41 Å². The highest BCUT2D eigenvalue weighted by Crippen LogP contribution is 2.51. The standard InChI is InChI=1S/C12H13BrFNO2/c13-7-4-8-11(17-6-16-8)10(14)9(7)12(5-15)2-1-3-12/h4H,1-3,5-6,15H2. The van der Waals surface area contributed by atoms with Crippen molar-refractivity contribution in [2.45, 2.75) is 24.7 Å². The summed E-state index contributed by atoms with van der Waals surface area (Å²) >= 11 is 3.42. The highest BCUT2D eigenvalue weighted by molar-refractivity contribution is 9.10. The zero-order valence-electron chi connectivity index (χ0n) is 9.26. The Hall–Kier alpha value is -0.810. The number of hydrogen-bond donors (Lipinski definition) is 1. The van der Waals surface area contributed by atoms with E-state index >= 15 is 0 Å². The normalized spacial score (nSPS) is 20.2. The molecule has 2 N–H and O–H groups in total. The summed E-state index contributed by atoms with van der Waals surface area (Å²) in [7, 11) is 0. The van der Waals surface area contributed by atoms with Gasteiger partial charge in [-0.25, -0.2) is 4.39 Å². The number of benzene rings is 1. The number of fused-ring (bicyclic) bond motifs is 1. The van der Waals surface area contributed by atoms with Crippen molar-refractivity contribution in [1.29, 1.82) is 0 Å². The van der Waals surface area contributed by atoms with Crippen molar-refractivity contribution >= 4 is 15.9 Å². The smallest absolute Gasteiger partial charge is 0.231 e. The number of halogens is 2. The molecular weight excluding hydrogens is 289 g/mol. The second-order valence-corrected chi connectivity index (χ2v) is 5.47. The molecule has 0 radical (unpaired) electrons. The Morgan fingerprint density at radius 2 is 2.18 bits per heavy atom. The fraction of sp³-hybridized carbons (Fsp3) is 0.500. The van der Waals surface area contributed by atoms with Gasteiger partial charge in [-0.2, -0.15) is 0 Å². The molecule has 0 atom stereocenters. The Labute approximate surface area is 107 Å².